The first-order chi connectivity index (χ1) is 7.88. The molecular weight excluding hydrogens is 258 g/mol. The van der Waals surface area contributed by atoms with E-state index in [2.05, 4.69) is 5.32 Å². The number of hydrogen-bond donors (Lipinski definition) is 2. The number of nitrogens with one attached hydrogen (secondary N) is 1. The Morgan fingerprint density at radius 3 is 1.89 bits per heavy atom. The van der Waals surface area contributed by atoms with Crippen molar-refractivity contribution in [3.05, 3.63) is 0 Å². The molecular formula is C11H21NO5S. The molecule has 2 N–H and O–H groups in total. The monoisotopic (exact) mass is 279 g/mol. The average Bonchev–Trinajstić information content (AvgIpc) is 2.22. The molecule has 0 saturated heterocycles. The Labute approximate surface area is 108 Å². The van der Waals surface area contributed by atoms with Crippen LogP contribution in [0.2, 0.25) is 0 Å². The number of carboxylic acid groups (broad SMARTS) is 1. The van der Waals surface area contributed by atoms with Gasteiger partial charge in [0.1, 0.15) is 5.41 Å². The minimum atomic E-state index is -3.45. The number of carboxylic acids is 1. The Balaban J connectivity index is 5.09. The van der Waals surface area contributed by atoms with Crippen molar-refractivity contribution in [2.75, 3.05) is 12.8 Å². The molecule has 0 fully saturated rings. The summed E-state index contributed by atoms with van der Waals surface area (Å²) in [5.74, 6) is -2.36. The van der Waals surface area contributed by atoms with Gasteiger partial charge >= 0.3 is 5.97 Å². The molecule has 0 aromatic heterocycles. The molecule has 0 heterocycles. The van der Waals surface area contributed by atoms with Gasteiger partial charge in [0.15, 0.2) is 9.84 Å². The Kier molecular flexibility index (Phi) is 4.93. The second kappa shape index (κ2) is 5.26. The van der Waals surface area contributed by atoms with Gasteiger partial charge < -0.3 is 10.4 Å². The molecule has 1 unspecified atom stereocenters. The van der Waals surface area contributed by atoms with Crippen molar-refractivity contribution in [3.63, 3.8) is 0 Å². The molecule has 0 bridgehead atoms. The zero-order valence-corrected chi connectivity index (χ0v) is 12.2. The quantitative estimate of drug-likeness (QED) is 0.711. The van der Waals surface area contributed by atoms with E-state index in [9.17, 15) is 18.0 Å². The van der Waals surface area contributed by atoms with Crippen molar-refractivity contribution in [1.82, 2.24) is 5.32 Å². The van der Waals surface area contributed by atoms with Crippen LogP contribution in [0.4, 0.5) is 0 Å². The lowest BCUT2D eigenvalue weighted by Crippen LogP contribution is -2.45. The van der Waals surface area contributed by atoms with Gasteiger partial charge in [0, 0.05) is 7.05 Å². The topological polar surface area (TPSA) is 101 Å². The smallest absolute Gasteiger partial charge is 0.318 e. The normalized spacial score (nSPS) is 15.8. The Hall–Kier alpha value is -1.11. The fourth-order valence-corrected chi connectivity index (χ4v) is 2.53. The lowest BCUT2D eigenvalue weighted by molar-refractivity contribution is -0.154. The second-order valence-corrected chi connectivity index (χ2v) is 8.26. The fourth-order valence-electron chi connectivity index (χ4n) is 1.24. The predicted octanol–water partition coefficient (Wildman–Crippen LogP) is 0.427. The van der Waals surface area contributed by atoms with Crippen molar-refractivity contribution in [2.45, 2.75) is 38.9 Å². The van der Waals surface area contributed by atoms with E-state index in [1.165, 1.54) is 14.0 Å². The third-order valence-electron chi connectivity index (χ3n) is 3.00. The summed E-state index contributed by atoms with van der Waals surface area (Å²) in [6, 6.07) is 0. The Bertz CT molecular complexity index is 435. The van der Waals surface area contributed by atoms with Gasteiger partial charge in [-0.2, -0.15) is 0 Å². The first-order valence-corrected chi connectivity index (χ1v) is 7.21. The molecule has 0 rings (SSSR count). The molecule has 0 radical (unpaired) electrons. The van der Waals surface area contributed by atoms with Gasteiger partial charge in [-0.1, -0.05) is 0 Å². The van der Waals surface area contributed by atoms with E-state index in [-0.39, 0.29) is 12.2 Å². The third kappa shape index (κ3) is 3.44. The maximum Gasteiger partial charge on any atom is 0.318 e. The van der Waals surface area contributed by atoms with Crippen LogP contribution in [0, 0.1) is 5.41 Å². The van der Waals surface area contributed by atoms with Crippen LogP contribution >= 0.6 is 0 Å². The van der Waals surface area contributed by atoms with Gasteiger partial charge in [-0.25, -0.2) is 8.42 Å². The summed E-state index contributed by atoms with van der Waals surface area (Å²) < 4.78 is 22.9. The number of carbonyl (C=O) groups is 2. The minimum Gasteiger partial charge on any atom is -0.480 e. The molecule has 0 saturated carbocycles. The van der Waals surface area contributed by atoms with Gasteiger partial charge in [-0.3, -0.25) is 9.59 Å². The average molecular weight is 279 g/mol. The summed E-state index contributed by atoms with van der Waals surface area (Å²) >= 11 is 0. The molecule has 106 valence electrons. The van der Waals surface area contributed by atoms with Gasteiger partial charge in [0.05, 0.1) is 10.5 Å². The largest absolute Gasteiger partial charge is 0.480 e. The number of carbonyl (C=O) groups excluding carboxylic acids is 1. The lowest BCUT2D eigenvalue weighted by Gasteiger charge is -2.25. The van der Waals surface area contributed by atoms with E-state index in [0.717, 1.165) is 0 Å². The van der Waals surface area contributed by atoms with Crippen LogP contribution in [0.25, 0.3) is 0 Å². The van der Waals surface area contributed by atoms with Gasteiger partial charge in [0.25, 0.3) is 0 Å². The summed E-state index contributed by atoms with van der Waals surface area (Å²) in [4.78, 5) is 22.7. The third-order valence-corrected chi connectivity index (χ3v) is 5.61. The zero-order chi connectivity index (χ0) is 14.8. The number of sulfone groups is 1. The standard InChI is InChI=1S/C11H21NO5S/c1-10(2,3)18(16,17)7-6-11(4,9(14)15)8(13)12-5/h6-7H2,1-5H3,(H,12,13)(H,14,15). The van der Waals surface area contributed by atoms with Gasteiger partial charge in [0.2, 0.25) is 5.91 Å². The maximum atomic E-state index is 11.9. The number of aliphatic carboxylic acids is 1. The predicted molar refractivity (Wildman–Crippen MR) is 68.0 cm³/mol. The summed E-state index contributed by atoms with van der Waals surface area (Å²) in [5, 5.41) is 11.3. The molecule has 0 aliphatic rings. The summed E-state index contributed by atoms with van der Waals surface area (Å²) in [6.45, 7) is 5.85. The second-order valence-electron chi connectivity index (χ2n) is 5.40. The Morgan fingerprint density at radius 2 is 1.61 bits per heavy atom. The molecule has 0 aromatic carbocycles. The highest BCUT2D eigenvalue weighted by Gasteiger charge is 2.42. The summed E-state index contributed by atoms with van der Waals surface area (Å²) in [5.41, 5.74) is -1.73. The first-order valence-electron chi connectivity index (χ1n) is 5.56. The Morgan fingerprint density at radius 1 is 1.17 bits per heavy atom. The molecule has 18 heavy (non-hydrogen) atoms. The molecule has 0 aromatic rings. The highest BCUT2D eigenvalue weighted by molar-refractivity contribution is 7.92. The van der Waals surface area contributed by atoms with Crippen molar-refractivity contribution in [2.24, 2.45) is 5.41 Å². The molecule has 0 spiro atoms. The molecule has 1 amide bonds. The van der Waals surface area contributed by atoms with Crippen molar-refractivity contribution >= 4 is 21.7 Å². The van der Waals surface area contributed by atoms with E-state index in [1.54, 1.807) is 20.8 Å². The highest BCUT2D eigenvalue weighted by atomic mass is 32.2. The summed E-state index contributed by atoms with van der Waals surface area (Å²) in [7, 11) is -2.13. The van der Waals surface area contributed by atoms with E-state index < -0.39 is 31.9 Å². The first kappa shape index (κ1) is 16.9. The molecule has 0 aliphatic carbocycles. The molecule has 0 aliphatic heterocycles. The van der Waals surface area contributed by atoms with Crippen LogP contribution in [0.1, 0.15) is 34.1 Å². The number of amides is 1. The minimum absolute atomic E-state index is 0.248. The van der Waals surface area contributed by atoms with Crippen LogP contribution in [-0.4, -0.2) is 42.9 Å². The van der Waals surface area contributed by atoms with E-state index in [4.69, 9.17) is 5.11 Å². The fraction of sp³-hybridized carbons (Fsp3) is 0.818. The van der Waals surface area contributed by atoms with E-state index in [1.807, 2.05) is 0 Å². The van der Waals surface area contributed by atoms with Crippen LogP contribution < -0.4 is 5.32 Å². The van der Waals surface area contributed by atoms with Crippen molar-refractivity contribution in [1.29, 1.82) is 0 Å². The number of hydrogen-bond acceptors (Lipinski definition) is 4. The maximum absolute atomic E-state index is 11.9. The van der Waals surface area contributed by atoms with Crippen molar-refractivity contribution in [3.8, 4) is 0 Å². The van der Waals surface area contributed by atoms with Crippen molar-refractivity contribution < 1.29 is 23.1 Å². The SMILES string of the molecule is CNC(=O)C(C)(CCS(=O)(=O)C(C)(C)C)C(=O)O. The van der Waals surface area contributed by atoms with Crippen LogP contribution in [0.15, 0.2) is 0 Å². The van der Waals surface area contributed by atoms with E-state index >= 15 is 0 Å². The van der Waals surface area contributed by atoms with Gasteiger partial charge in [-0.05, 0) is 34.1 Å². The summed E-state index contributed by atoms with van der Waals surface area (Å²) in [6.07, 6.45) is -0.248. The van der Waals surface area contributed by atoms with Crippen LogP contribution in [-0.2, 0) is 19.4 Å². The molecule has 7 heteroatoms. The van der Waals surface area contributed by atoms with Gasteiger partial charge in [-0.15, -0.1) is 0 Å². The molecule has 6 nitrogen and oxygen atoms in total. The zero-order valence-electron chi connectivity index (χ0n) is 11.4. The lowest BCUT2D eigenvalue weighted by atomic mass is 9.87. The molecule has 1 atom stereocenters. The highest BCUT2D eigenvalue weighted by Crippen LogP contribution is 2.26. The number of rotatable bonds is 5. The van der Waals surface area contributed by atoms with Crippen LogP contribution in [0.5, 0.6) is 0 Å². The van der Waals surface area contributed by atoms with E-state index in [0.29, 0.717) is 0 Å². The van der Waals surface area contributed by atoms with Crippen LogP contribution in [0.3, 0.4) is 0 Å².